The smallest absolute Gasteiger partial charge is 0.260 e. The molecule has 674 valence electrons. The van der Waals surface area contributed by atoms with Crippen molar-refractivity contribution in [1.82, 2.24) is 0 Å². The monoisotopic (exact) mass is 1870 g/mol. The first-order valence-electron chi connectivity index (χ1n) is 69.2. The van der Waals surface area contributed by atoms with Gasteiger partial charge in [0.25, 0.3) is 33.6 Å². The summed E-state index contributed by atoms with van der Waals surface area (Å²) in [6.45, 7) is 1.85. The zero-order valence-corrected chi connectivity index (χ0v) is 75.4. The van der Waals surface area contributed by atoms with Gasteiger partial charge in [-0.25, -0.2) is 0 Å². The average Bonchev–Trinajstić information content (AvgIpc) is 0.701. The molecule has 0 saturated heterocycles. The Labute approximate surface area is 893 Å². The molecule has 10 aliphatic heterocycles. The molecule has 0 atom stereocenters. The first-order chi connectivity index (χ1) is 89.0. The van der Waals surface area contributed by atoms with Crippen LogP contribution in [0, 0.1) is 27.5 Å². The maximum atomic E-state index is 9.25. The minimum atomic E-state index is -2.52. The van der Waals surface area contributed by atoms with Crippen LogP contribution in [0.15, 0.2) is 393 Å². The van der Waals surface area contributed by atoms with Gasteiger partial charge in [-0.2, -0.15) is 0 Å². The molecular weight excluding hydrogens is 1730 g/mol. The first kappa shape index (κ1) is 48.7. The molecule has 0 fully saturated rings. The molecule has 29 rings (SSSR count). The molecule has 10 heterocycles. The molecular formula is C126H95B5O10. The Morgan fingerprint density at radius 1 is 0.191 bits per heavy atom. The lowest BCUT2D eigenvalue weighted by Gasteiger charge is -2.35. The summed E-state index contributed by atoms with van der Waals surface area (Å²) in [6, 6.07) is 24.1. The normalized spacial score (nSPS) is 18.4. The molecule has 0 unspecified atom stereocenters. The lowest BCUT2D eigenvalue weighted by molar-refractivity contribution is 0.462. The van der Waals surface area contributed by atoms with Crippen LogP contribution in [0.4, 0.5) is 0 Å². The molecule has 0 radical (unpaired) electrons. The molecule has 141 heavy (non-hydrogen) atoms. The maximum Gasteiger partial charge on any atom is 0.260 e. The molecule has 0 amide bonds. The SMILES string of the molecule is [2H]C([2H])([2H])c1ccc2c(c1)B1c3cc(C([2H])([2H])[2H])ccc3Oc3cccc(c31)O2.[2H]c1c([2H])c(C(C)(C)C)c([2H])c2c1Oc1cc(C([2H])([2H])[2H])cc3c1B2c1c([2H])c(C(C)(C)C)c([2H])c([2H])c1O3.[2H]c1c([2H])c([2H])c(-c2c([2H])c([2H])c3c(c2[2H])Oc2cccc4c2B3c2c([2H])c([2H])c(-c3c([2H])c([2H])c([2H])c([2H])c3[2H])c([2H])c2O4)c([2H])c1[2H].[2H]c1c([2H])c([2H])c(-c2ccc3c(c2)Oc2cccc4c2B3c2cc(-c3c([2H])c([2H])c([2H])c([2H])c3[2H])ccc2O4)c([2H])c1[2H].[2H]c1cc([2H])c2c(c1[2H])Oc1c([2H])c(C)c([2H])c3c1B2c1c([2H])cc([2H])c([2H])c1O3. The molecule has 15 heteroatoms. The summed E-state index contributed by atoms with van der Waals surface area (Å²) >= 11 is 0. The quantitative estimate of drug-likeness (QED) is 0.159. The van der Waals surface area contributed by atoms with E-state index in [1.807, 2.05) is 65.8 Å². The van der Waals surface area contributed by atoms with Crippen molar-refractivity contribution in [3.8, 4) is 159 Å². The van der Waals surface area contributed by atoms with E-state index >= 15 is 0 Å². The van der Waals surface area contributed by atoms with Gasteiger partial charge >= 0.3 is 0 Å². The zero-order chi connectivity index (χ0) is 138. The molecule has 0 N–H and O–H groups in total. The standard InChI is InChI=1S/2C30H19BO2.C27H29BO2.C20H15BO2.C19H13BO2/c1-3-8-20(9-4-1)22-15-17-26-25(18-22)31-24-16-14-23(21-10-5-2-6-11-21)19-29(24)33-28-13-7-12-27(32-26)30(28)31;1-3-8-20(9-4-1)22-14-16-24-28(18-22)32-26-12-7-13-27-30(26)31(24)25-17-15-23(19-29(25)33-27)21-10-5-2-6-11-21;1-16-12-23-25-24(13-16)30-22-11-9-18(27(5,6)7)15-20(22)28(25)19-14-17(26(2,3)4)8-10-21(19)29-23;1-12-6-8-16-14(10-12)21-15-11-13(2)7-9-17(15)23-19-5-3-4-18(22-16)20(19)21;1-12-10-17-19-18(11-12)22-16-9-5-3-7-14(16)20(19)13-6-2-4-8-15(13)21-17/h2*1-19H;8-15H,1-7H3;3-11H,1-2H3;2-11H,1H3/i1D,2D,3D,4D,5D,6D,8D,9D,10D,11D;1D,2D,3D,4D,5D,6D,8D,9D,10D,11D,14D,15D,16D,17D,18D,19D;1D3,8D,9D,10D,11D,14D,15D;1D3,2D3;4D,5D,6D,7D,8D,9D,10D,11D. The third-order valence-corrected chi connectivity index (χ3v) is 25.1. The lowest BCUT2D eigenvalue weighted by atomic mass is 9.34. The van der Waals surface area contributed by atoms with Gasteiger partial charge in [0.15, 0.2) is 0 Å². The number of aryl methyl sites for hydroxylation is 3. The Morgan fingerprint density at radius 3 is 0.957 bits per heavy atom. The second-order valence-corrected chi connectivity index (χ2v) is 36.1. The summed E-state index contributed by atoms with van der Waals surface area (Å²) in [7, 11) is 0. The van der Waals surface area contributed by atoms with E-state index in [1.165, 1.54) is 42.5 Å². The molecule has 0 saturated carbocycles. The highest BCUT2D eigenvalue weighted by molar-refractivity contribution is 7.01. The fourth-order valence-electron chi connectivity index (χ4n) is 18.8. The van der Waals surface area contributed by atoms with Gasteiger partial charge in [-0.05, 0) is 281 Å². The highest BCUT2D eigenvalue weighted by Gasteiger charge is 2.47. The minimum absolute atomic E-state index is 0.00830. The fraction of sp³-hybridized carbons (Fsp3) is 0.0952. The van der Waals surface area contributed by atoms with Gasteiger partial charge in [-0.15, -0.1) is 0 Å². The largest absolute Gasteiger partial charge is 0.458 e. The lowest BCUT2D eigenvalue weighted by Crippen LogP contribution is -2.57. The highest BCUT2D eigenvalue weighted by atomic mass is 16.5. The van der Waals surface area contributed by atoms with Gasteiger partial charge < -0.3 is 47.4 Å². The summed E-state index contributed by atoms with van der Waals surface area (Å²) in [4.78, 5) is 0. The van der Waals surface area contributed by atoms with Crippen LogP contribution < -0.4 is 129 Å². The average molecular weight is 1870 g/mol. The van der Waals surface area contributed by atoms with E-state index in [4.69, 9.17) is 112 Å². The van der Waals surface area contributed by atoms with Crippen LogP contribution in [0.3, 0.4) is 0 Å². The van der Waals surface area contributed by atoms with Crippen LogP contribution in [-0.4, -0.2) is 33.6 Å². The van der Waals surface area contributed by atoms with E-state index in [1.54, 1.807) is 91.9 Å². The summed E-state index contributed by atoms with van der Waals surface area (Å²) in [6.07, 6.45) is 0. The number of hydrogen-bond donors (Lipinski definition) is 0. The van der Waals surface area contributed by atoms with Crippen LogP contribution in [-0.2, 0) is 10.8 Å². The first-order valence-corrected chi connectivity index (χ1v) is 44.7. The third kappa shape index (κ3) is 15.5. The number of para-hydroxylation sites is 2. The van der Waals surface area contributed by atoms with Crippen molar-refractivity contribution in [2.45, 2.75) is 79.9 Å². The van der Waals surface area contributed by atoms with Crippen LogP contribution in [0.1, 0.15) is 142 Å². The minimum Gasteiger partial charge on any atom is -0.458 e. The second-order valence-electron chi connectivity index (χ2n) is 36.1. The third-order valence-electron chi connectivity index (χ3n) is 25.1. The van der Waals surface area contributed by atoms with E-state index < -0.39 is 213 Å². The van der Waals surface area contributed by atoms with Crippen molar-refractivity contribution in [1.29, 1.82) is 0 Å². The van der Waals surface area contributed by atoms with E-state index in [2.05, 4.69) is 0 Å². The van der Waals surface area contributed by atoms with Crippen molar-refractivity contribution >= 4 is 116 Å². The number of rotatable bonds is 4. The van der Waals surface area contributed by atoms with Gasteiger partial charge in [0.05, 0.1) is 54.8 Å². The summed E-state index contributed by atoms with van der Waals surface area (Å²) < 4.78 is 470. The second kappa shape index (κ2) is 34.3. The number of benzene rings is 19. The van der Waals surface area contributed by atoms with Crippen LogP contribution in [0.5, 0.6) is 115 Å². The molecule has 10 nitrogen and oxygen atoms in total. The Morgan fingerprint density at radius 2 is 0.525 bits per heavy atom. The van der Waals surface area contributed by atoms with Crippen molar-refractivity contribution < 1.29 is 115 Å². The molecule has 0 aliphatic carbocycles. The molecule has 19 aromatic rings. The summed E-state index contributed by atoms with van der Waals surface area (Å²) in [5.41, 5.74) is 5.16. The van der Waals surface area contributed by atoms with Gasteiger partial charge in [0.2, 0.25) is 0 Å². The van der Waals surface area contributed by atoms with Gasteiger partial charge in [-0.3, -0.25) is 0 Å². The predicted octanol–water partition coefficient (Wildman–Crippen LogP) is 22.6. The van der Waals surface area contributed by atoms with Gasteiger partial charge in [0.1, 0.15) is 115 Å². The predicted molar refractivity (Wildman–Crippen MR) is 579 cm³/mol. The molecule has 0 aromatic heterocycles. The van der Waals surface area contributed by atoms with Crippen LogP contribution in [0.25, 0.3) is 44.5 Å². The van der Waals surface area contributed by atoms with Crippen molar-refractivity contribution in [2.75, 3.05) is 0 Å². The summed E-state index contributed by atoms with van der Waals surface area (Å²) in [5.74, 6) is 4.15. The van der Waals surface area contributed by atoms with E-state index in [0.29, 0.717) is 95.6 Å². The zero-order valence-electron chi connectivity index (χ0n) is 124. The Balaban J connectivity index is 0.000000117. The van der Waals surface area contributed by atoms with Gasteiger partial charge in [-0.1, -0.05) is 325 Å². The summed E-state index contributed by atoms with van der Waals surface area (Å²) in [5, 5.41) is 0. The van der Waals surface area contributed by atoms with Gasteiger partial charge in [0, 0.05) is 39.7 Å². The fourth-order valence-corrected chi connectivity index (χ4v) is 18.8. The Hall–Kier alpha value is -16.5. The van der Waals surface area contributed by atoms with E-state index in [9.17, 15) is 2.74 Å². The van der Waals surface area contributed by atoms with Crippen LogP contribution in [0.2, 0.25) is 0 Å². The molecule has 19 aromatic carbocycles. The number of hydrogen-bond acceptors (Lipinski definition) is 10. The molecule has 0 bridgehead atoms. The Bertz CT molecular complexity index is 10800. The highest BCUT2D eigenvalue weighted by Crippen LogP contribution is 2.45. The van der Waals surface area contributed by atoms with Crippen molar-refractivity contribution in [2.24, 2.45) is 0 Å². The number of fused-ring (bicyclic) bond motifs is 20. The molecule has 0 spiro atoms. The van der Waals surface area contributed by atoms with E-state index in [-0.39, 0.29) is 256 Å². The number of ether oxygens (including phenoxy) is 10. The Kier molecular flexibility index (Phi) is 11.8. The van der Waals surface area contributed by atoms with Crippen molar-refractivity contribution in [3.05, 3.63) is 427 Å². The topological polar surface area (TPSA) is 92.3 Å². The van der Waals surface area contributed by atoms with E-state index in [0.717, 1.165) is 16.4 Å². The van der Waals surface area contributed by atoms with Crippen molar-refractivity contribution in [3.63, 3.8) is 0 Å². The maximum absolute atomic E-state index is 9.25. The molecule has 10 aliphatic rings. The van der Waals surface area contributed by atoms with Crippen LogP contribution >= 0.6 is 0 Å².